The Bertz CT molecular complexity index is 1270. The molecule has 0 saturated heterocycles. The Morgan fingerprint density at radius 2 is 1.59 bits per heavy atom. The molecule has 0 bridgehead atoms. The Labute approximate surface area is 191 Å². The smallest absolute Gasteiger partial charge is 0.255 e. The molecule has 0 radical (unpaired) electrons. The Balaban J connectivity index is 1.52. The van der Waals surface area contributed by atoms with Crippen LogP contribution in [0.25, 0.3) is 11.0 Å². The first-order chi connectivity index (χ1) is 15.6. The van der Waals surface area contributed by atoms with E-state index in [1.807, 2.05) is 78.4 Å². The van der Waals surface area contributed by atoms with Crippen molar-refractivity contribution >= 4 is 46.0 Å². The zero-order valence-electron chi connectivity index (χ0n) is 18.0. The summed E-state index contributed by atoms with van der Waals surface area (Å²) in [6.45, 7) is 2.04. The predicted molar refractivity (Wildman–Crippen MR) is 131 cm³/mol. The highest BCUT2D eigenvalue weighted by Gasteiger charge is 2.15. The van der Waals surface area contributed by atoms with E-state index < -0.39 is 0 Å². The van der Waals surface area contributed by atoms with Crippen LogP contribution in [-0.2, 0) is 17.1 Å². The zero-order valence-corrected chi connectivity index (χ0v) is 18.8. The predicted octanol–water partition coefficient (Wildman–Crippen LogP) is 5.10. The Hall–Kier alpha value is -3.58. The number of benzene rings is 3. The van der Waals surface area contributed by atoms with Crippen LogP contribution >= 0.6 is 11.8 Å². The maximum absolute atomic E-state index is 12.9. The van der Waals surface area contributed by atoms with Crippen molar-refractivity contribution in [3.63, 3.8) is 0 Å². The van der Waals surface area contributed by atoms with Crippen molar-refractivity contribution in [1.82, 2.24) is 9.55 Å². The number of fused-ring (bicyclic) bond motifs is 1. The van der Waals surface area contributed by atoms with Crippen molar-refractivity contribution in [1.29, 1.82) is 0 Å². The standard InChI is InChI=1S/C25H24N4O2S/c1-17-19(12-8-13-20(17)28-25(31)18-9-4-3-5-10-18)27-24(30)15-29-22-14-7-6-11-21(22)26-23(29)16-32-2/h3-14H,15-16H2,1-2H3,(H,27,30)(H,28,31). The van der Waals surface area contributed by atoms with Crippen LogP contribution in [0, 0.1) is 6.92 Å². The van der Waals surface area contributed by atoms with Gasteiger partial charge in [0.05, 0.1) is 16.8 Å². The first-order valence-corrected chi connectivity index (χ1v) is 11.6. The average Bonchev–Trinajstić information content (AvgIpc) is 3.14. The van der Waals surface area contributed by atoms with Gasteiger partial charge in [-0.1, -0.05) is 36.4 Å². The molecule has 1 aromatic heterocycles. The van der Waals surface area contributed by atoms with Crippen molar-refractivity contribution in [3.8, 4) is 0 Å². The molecule has 0 spiro atoms. The lowest BCUT2D eigenvalue weighted by molar-refractivity contribution is -0.116. The molecular formula is C25H24N4O2S. The maximum Gasteiger partial charge on any atom is 0.255 e. The Morgan fingerprint density at radius 1 is 0.906 bits per heavy atom. The van der Waals surface area contributed by atoms with Crippen LogP contribution in [-0.4, -0.2) is 27.6 Å². The van der Waals surface area contributed by atoms with E-state index in [9.17, 15) is 9.59 Å². The summed E-state index contributed by atoms with van der Waals surface area (Å²) in [6, 6.07) is 22.3. The molecule has 162 valence electrons. The van der Waals surface area contributed by atoms with Gasteiger partial charge < -0.3 is 15.2 Å². The number of aromatic nitrogens is 2. The molecule has 0 aliphatic heterocycles. The van der Waals surface area contributed by atoms with Crippen LogP contribution < -0.4 is 10.6 Å². The second kappa shape index (κ2) is 9.70. The summed E-state index contributed by atoms with van der Waals surface area (Å²) >= 11 is 1.67. The zero-order chi connectivity index (χ0) is 22.5. The van der Waals surface area contributed by atoms with E-state index in [2.05, 4.69) is 15.6 Å². The van der Waals surface area contributed by atoms with Crippen molar-refractivity contribution < 1.29 is 9.59 Å². The van der Waals surface area contributed by atoms with Crippen molar-refractivity contribution in [3.05, 3.63) is 89.7 Å². The first kappa shape index (κ1) is 21.6. The summed E-state index contributed by atoms with van der Waals surface area (Å²) in [5, 5.41) is 5.92. The molecule has 6 nitrogen and oxygen atoms in total. The van der Waals surface area contributed by atoms with Crippen molar-refractivity contribution in [2.24, 2.45) is 0 Å². The van der Waals surface area contributed by atoms with E-state index in [0.717, 1.165) is 28.2 Å². The quantitative estimate of drug-likeness (QED) is 0.416. The molecule has 4 aromatic rings. The molecule has 7 heteroatoms. The lowest BCUT2D eigenvalue weighted by atomic mass is 10.1. The summed E-state index contributed by atoms with van der Waals surface area (Å²) < 4.78 is 1.96. The number of para-hydroxylation sites is 2. The fraction of sp³-hybridized carbons (Fsp3) is 0.160. The molecule has 32 heavy (non-hydrogen) atoms. The molecule has 0 aliphatic rings. The van der Waals surface area contributed by atoms with Gasteiger partial charge in [-0.2, -0.15) is 11.8 Å². The summed E-state index contributed by atoms with van der Waals surface area (Å²) in [5.41, 5.74) is 4.52. The van der Waals surface area contributed by atoms with Gasteiger partial charge >= 0.3 is 0 Å². The van der Waals surface area contributed by atoms with Crippen LogP contribution in [0.2, 0.25) is 0 Å². The van der Waals surface area contributed by atoms with E-state index in [1.54, 1.807) is 23.9 Å². The fourth-order valence-electron chi connectivity index (χ4n) is 3.56. The number of nitrogens with one attached hydrogen (secondary N) is 2. The number of amides is 2. The van der Waals surface area contributed by atoms with Gasteiger partial charge in [0, 0.05) is 16.9 Å². The van der Waals surface area contributed by atoms with E-state index in [0.29, 0.717) is 16.9 Å². The highest BCUT2D eigenvalue weighted by atomic mass is 32.2. The number of anilines is 2. The van der Waals surface area contributed by atoms with Gasteiger partial charge in [0.15, 0.2) is 0 Å². The first-order valence-electron chi connectivity index (χ1n) is 10.3. The molecule has 2 N–H and O–H groups in total. The summed E-state index contributed by atoms with van der Waals surface area (Å²) in [5.74, 6) is 1.26. The molecular weight excluding hydrogens is 420 g/mol. The third-order valence-electron chi connectivity index (χ3n) is 5.20. The number of thioether (sulfide) groups is 1. The number of carbonyl (C=O) groups excluding carboxylic acids is 2. The SMILES string of the molecule is CSCc1nc2ccccc2n1CC(=O)Nc1cccc(NC(=O)c2ccccc2)c1C. The van der Waals surface area contributed by atoms with Gasteiger partial charge in [-0.05, 0) is 55.1 Å². The van der Waals surface area contributed by atoms with Gasteiger partial charge in [-0.3, -0.25) is 9.59 Å². The van der Waals surface area contributed by atoms with Crippen LogP contribution in [0.3, 0.4) is 0 Å². The van der Waals surface area contributed by atoms with Crippen molar-refractivity contribution in [2.45, 2.75) is 19.2 Å². The lowest BCUT2D eigenvalue weighted by Gasteiger charge is -2.14. The number of rotatable bonds is 7. The van der Waals surface area contributed by atoms with Gasteiger partial charge in [-0.25, -0.2) is 4.98 Å². The topological polar surface area (TPSA) is 76.0 Å². The summed E-state index contributed by atoms with van der Waals surface area (Å²) in [4.78, 5) is 30.1. The van der Waals surface area contributed by atoms with Gasteiger partial charge in [-0.15, -0.1) is 0 Å². The molecule has 0 atom stereocenters. The second-order valence-electron chi connectivity index (χ2n) is 7.38. The maximum atomic E-state index is 12.9. The Morgan fingerprint density at radius 3 is 2.34 bits per heavy atom. The Kier molecular flexibility index (Phi) is 6.56. The fourth-order valence-corrected chi connectivity index (χ4v) is 4.04. The molecule has 3 aromatic carbocycles. The second-order valence-corrected chi connectivity index (χ2v) is 8.25. The third-order valence-corrected chi connectivity index (χ3v) is 5.75. The van der Waals surface area contributed by atoms with Crippen LogP contribution in [0.1, 0.15) is 21.7 Å². The van der Waals surface area contributed by atoms with Crippen LogP contribution in [0.5, 0.6) is 0 Å². The normalized spacial score (nSPS) is 10.8. The minimum Gasteiger partial charge on any atom is -0.324 e. The van der Waals surface area contributed by atoms with Crippen LogP contribution in [0.15, 0.2) is 72.8 Å². The van der Waals surface area contributed by atoms with E-state index >= 15 is 0 Å². The third kappa shape index (κ3) is 4.68. The number of nitrogens with zero attached hydrogens (tertiary/aromatic N) is 2. The summed E-state index contributed by atoms with van der Waals surface area (Å²) in [7, 11) is 0. The molecule has 0 aliphatic carbocycles. The summed E-state index contributed by atoms with van der Waals surface area (Å²) in [6.07, 6.45) is 2.02. The van der Waals surface area contributed by atoms with E-state index in [4.69, 9.17) is 0 Å². The van der Waals surface area contributed by atoms with Crippen molar-refractivity contribution in [2.75, 3.05) is 16.9 Å². The minimum absolute atomic E-state index is 0.148. The monoisotopic (exact) mass is 444 g/mol. The van der Waals surface area contributed by atoms with Crippen LogP contribution in [0.4, 0.5) is 11.4 Å². The van der Waals surface area contributed by atoms with E-state index in [1.165, 1.54) is 0 Å². The highest BCUT2D eigenvalue weighted by molar-refractivity contribution is 7.97. The largest absolute Gasteiger partial charge is 0.324 e. The molecule has 2 amide bonds. The number of imidazole rings is 1. The van der Waals surface area contributed by atoms with Gasteiger partial charge in [0.2, 0.25) is 5.91 Å². The van der Waals surface area contributed by atoms with Gasteiger partial charge in [0.25, 0.3) is 5.91 Å². The molecule has 0 saturated carbocycles. The van der Waals surface area contributed by atoms with Gasteiger partial charge in [0.1, 0.15) is 12.4 Å². The number of hydrogen-bond donors (Lipinski definition) is 2. The average molecular weight is 445 g/mol. The molecule has 4 rings (SSSR count). The molecule has 0 unspecified atom stereocenters. The highest BCUT2D eigenvalue weighted by Crippen LogP contribution is 2.25. The number of carbonyl (C=O) groups is 2. The minimum atomic E-state index is -0.191. The molecule has 0 fully saturated rings. The molecule has 1 heterocycles. The number of hydrogen-bond acceptors (Lipinski definition) is 4. The van der Waals surface area contributed by atoms with E-state index in [-0.39, 0.29) is 18.4 Å². The lowest BCUT2D eigenvalue weighted by Crippen LogP contribution is -2.21.